The van der Waals surface area contributed by atoms with E-state index in [4.69, 9.17) is 0 Å². The molecule has 0 N–H and O–H groups in total. The lowest BCUT2D eigenvalue weighted by Gasteiger charge is -1.99. The molecule has 108 valence electrons. The van der Waals surface area contributed by atoms with Gasteiger partial charge in [0.25, 0.3) is 15.7 Å². The average Bonchev–Trinajstić information content (AvgIpc) is 2.46. The van der Waals surface area contributed by atoms with Crippen molar-refractivity contribution in [1.29, 1.82) is 0 Å². The third-order valence-electron chi connectivity index (χ3n) is 2.66. The van der Waals surface area contributed by atoms with Crippen LogP contribution in [0.5, 0.6) is 0 Å². The molecule has 0 heterocycles. The van der Waals surface area contributed by atoms with Crippen molar-refractivity contribution in [3.8, 4) is 0 Å². The van der Waals surface area contributed by atoms with Crippen LogP contribution < -0.4 is 0 Å². The number of non-ortho nitro benzene ring substituents is 1. The quantitative estimate of drug-likeness (QED) is 0.482. The van der Waals surface area contributed by atoms with Crippen molar-refractivity contribution in [2.24, 2.45) is 4.40 Å². The van der Waals surface area contributed by atoms with Crippen LogP contribution in [0, 0.1) is 10.1 Å². The van der Waals surface area contributed by atoms with E-state index in [0.717, 1.165) is 0 Å². The minimum atomic E-state index is -3.62. The van der Waals surface area contributed by atoms with E-state index in [-0.39, 0.29) is 11.4 Å². The molecule has 0 saturated carbocycles. The summed E-state index contributed by atoms with van der Waals surface area (Å²) in [6, 6.07) is 14.2. The zero-order valence-corrected chi connectivity index (χ0v) is 11.7. The minimum Gasteiger partial charge on any atom is -0.258 e. The van der Waals surface area contributed by atoms with Gasteiger partial charge in [-0.25, -0.2) is 8.42 Å². The molecule has 0 amide bonds. The fraction of sp³-hybridized carbons (Fsp3) is 0.0714. The van der Waals surface area contributed by atoms with E-state index in [1.165, 1.54) is 30.5 Å². The van der Waals surface area contributed by atoms with Crippen molar-refractivity contribution in [2.75, 3.05) is 0 Å². The SMILES string of the molecule is O=[N+]([O-])c1ccc(/C=N\S(=O)(=O)Cc2ccccc2)cc1. The van der Waals surface area contributed by atoms with Crippen molar-refractivity contribution in [3.63, 3.8) is 0 Å². The van der Waals surface area contributed by atoms with Gasteiger partial charge in [0.05, 0.1) is 10.7 Å². The van der Waals surface area contributed by atoms with Gasteiger partial charge in [-0.15, -0.1) is 0 Å². The maximum atomic E-state index is 11.8. The minimum absolute atomic E-state index is 0.0562. The Morgan fingerprint density at radius 3 is 2.24 bits per heavy atom. The number of nitrogens with zero attached hydrogens (tertiary/aromatic N) is 2. The van der Waals surface area contributed by atoms with Crippen LogP contribution in [0.15, 0.2) is 59.0 Å². The van der Waals surface area contributed by atoms with Gasteiger partial charge < -0.3 is 0 Å². The van der Waals surface area contributed by atoms with Gasteiger partial charge in [0, 0.05) is 18.3 Å². The highest BCUT2D eigenvalue weighted by Gasteiger charge is 2.09. The molecule has 6 nitrogen and oxygen atoms in total. The van der Waals surface area contributed by atoms with Gasteiger partial charge in [0.2, 0.25) is 0 Å². The molecular weight excluding hydrogens is 292 g/mol. The summed E-state index contributed by atoms with van der Waals surface area (Å²) in [5.74, 6) is -0.183. The Morgan fingerprint density at radius 2 is 1.67 bits per heavy atom. The highest BCUT2D eigenvalue weighted by Crippen LogP contribution is 2.11. The van der Waals surface area contributed by atoms with Crippen LogP contribution >= 0.6 is 0 Å². The van der Waals surface area contributed by atoms with Crippen LogP contribution in [0.4, 0.5) is 5.69 Å². The lowest BCUT2D eigenvalue weighted by Crippen LogP contribution is -2.01. The molecule has 0 aliphatic heterocycles. The Balaban J connectivity index is 2.10. The van der Waals surface area contributed by atoms with Crippen LogP contribution in [0.3, 0.4) is 0 Å². The number of hydrogen-bond acceptors (Lipinski definition) is 4. The Bertz CT molecular complexity index is 753. The van der Waals surface area contributed by atoms with Crippen molar-refractivity contribution in [1.82, 2.24) is 0 Å². The smallest absolute Gasteiger partial charge is 0.258 e. The lowest BCUT2D eigenvalue weighted by atomic mass is 10.2. The second kappa shape index (κ2) is 6.27. The molecule has 0 aromatic heterocycles. The molecule has 0 aliphatic rings. The van der Waals surface area contributed by atoms with Crippen LogP contribution in [-0.4, -0.2) is 19.6 Å². The van der Waals surface area contributed by atoms with Gasteiger partial charge in [0.1, 0.15) is 0 Å². The molecule has 0 unspecified atom stereocenters. The number of nitro groups is 1. The van der Waals surface area contributed by atoms with Gasteiger partial charge in [-0.3, -0.25) is 10.1 Å². The lowest BCUT2D eigenvalue weighted by molar-refractivity contribution is -0.384. The summed E-state index contributed by atoms with van der Waals surface area (Å²) in [5, 5.41) is 10.5. The van der Waals surface area contributed by atoms with Gasteiger partial charge in [-0.05, 0) is 23.3 Å². The summed E-state index contributed by atoms with van der Waals surface area (Å²) in [6.07, 6.45) is 1.18. The highest BCUT2D eigenvalue weighted by molar-refractivity contribution is 7.89. The standard InChI is InChI=1S/C14H12N2O4S/c17-16(18)14-8-6-12(7-9-14)10-15-21(19,20)11-13-4-2-1-3-5-13/h1-10H,11H2/b15-10-. The summed E-state index contributed by atoms with van der Waals surface area (Å²) in [4.78, 5) is 9.99. The van der Waals surface area contributed by atoms with Crippen LogP contribution in [-0.2, 0) is 15.8 Å². The van der Waals surface area contributed by atoms with Gasteiger partial charge in [-0.1, -0.05) is 30.3 Å². The largest absolute Gasteiger partial charge is 0.269 e. The van der Waals surface area contributed by atoms with Crippen molar-refractivity contribution >= 4 is 21.9 Å². The summed E-state index contributed by atoms with van der Waals surface area (Å²) >= 11 is 0. The number of benzene rings is 2. The average molecular weight is 304 g/mol. The van der Waals surface area contributed by atoms with Crippen LogP contribution in [0.1, 0.15) is 11.1 Å². The molecule has 0 fully saturated rings. The topological polar surface area (TPSA) is 89.6 Å². The van der Waals surface area contributed by atoms with Crippen molar-refractivity contribution in [2.45, 2.75) is 5.75 Å². The second-order valence-corrected chi connectivity index (χ2v) is 5.96. The van der Waals surface area contributed by atoms with E-state index >= 15 is 0 Å². The van der Waals surface area contributed by atoms with Gasteiger partial charge in [-0.2, -0.15) is 4.40 Å². The van der Waals surface area contributed by atoms with E-state index in [1.807, 2.05) is 0 Å². The molecule has 0 bridgehead atoms. The van der Waals surface area contributed by atoms with E-state index in [9.17, 15) is 18.5 Å². The predicted molar refractivity (Wildman–Crippen MR) is 79.8 cm³/mol. The van der Waals surface area contributed by atoms with E-state index in [0.29, 0.717) is 11.1 Å². The summed E-state index contributed by atoms with van der Waals surface area (Å²) in [7, 11) is -3.62. The normalized spacial score (nSPS) is 11.6. The molecule has 0 atom stereocenters. The molecular formula is C14H12N2O4S. The summed E-state index contributed by atoms with van der Waals surface area (Å²) in [5.41, 5.74) is 1.08. The molecule has 0 radical (unpaired) electrons. The molecule has 0 saturated heterocycles. The second-order valence-electron chi connectivity index (χ2n) is 4.30. The maximum absolute atomic E-state index is 11.8. The summed E-state index contributed by atoms with van der Waals surface area (Å²) < 4.78 is 27.3. The Kier molecular flexibility index (Phi) is 4.44. The fourth-order valence-corrected chi connectivity index (χ4v) is 2.62. The van der Waals surface area contributed by atoms with E-state index < -0.39 is 14.9 Å². The maximum Gasteiger partial charge on any atom is 0.269 e. The van der Waals surface area contributed by atoms with Gasteiger partial charge in [0.15, 0.2) is 0 Å². The molecule has 7 heteroatoms. The molecule has 0 spiro atoms. The molecule has 0 aliphatic carbocycles. The first-order valence-electron chi connectivity index (χ1n) is 6.03. The first-order valence-corrected chi connectivity index (χ1v) is 7.63. The van der Waals surface area contributed by atoms with Gasteiger partial charge >= 0.3 is 0 Å². The zero-order chi connectivity index (χ0) is 15.3. The van der Waals surface area contributed by atoms with Crippen LogP contribution in [0.2, 0.25) is 0 Å². The zero-order valence-electron chi connectivity index (χ0n) is 10.9. The number of rotatable bonds is 5. The Labute approximate surface area is 122 Å². The Morgan fingerprint density at radius 1 is 1.05 bits per heavy atom. The molecule has 2 aromatic rings. The Hall–Kier alpha value is -2.54. The fourth-order valence-electron chi connectivity index (χ4n) is 1.65. The molecule has 2 aromatic carbocycles. The monoisotopic (exact) mass is 304 g/mol. The number of nitro benzene ring substituents is 1. The summed E-state index contributed by atoms with van der Waals surface area (Å²) in [6.45, 7) is 0. The van der Waals surface area contributed by atoms with E-state index in [2.05, 4.69) is 4.40 Å². The van der Waals surface area contributed by atoms with E-state index in [1.54, 1.807) is 30.3 Å². The molecule has 21 heavy (non-hydrogen) atoms. The predicted octanol–water partition coefficient (Wildman–Crippen LogP) is 2.54. The number of hydrogen-bond donors (Lipinski definition) is 0. The van der Waals surface area contributed by atoms with Crippen molar-refractivity contribution < 1.29 is 13.3 Å². The first kappa shape index (κ1) is 14.9. The van der Waals surface area contributed by atoms with Crippen LogP contribution in [0.25, 0.3) is 0 Å². The first-order chi connectivity index (χ1) is 9.96. The third kappa shape index (κ3) is 4.50. The number of sulfonamides is 1. The highest BCUT2D eigenvalue weighted by atomic mass is 32.2. The van der Waals surface area contributed by atoms with Crippen molar-refractivity contribution in [3.05, 3.63) is 75.8 Å². The molecule has 2 rings (SSSR count). The third-order valence-corrected chi connectivity index (χ3v) is 3.78.